The van der Waals surface area contributed by atoms with Crippen LogP contribution in [0.25, 0.3) is 0 Å². The van der Waals surface area contributed by atoms with Gasteiger partial charge in [-0.15, -0.1) is 0 Å². The number of carbonyl (C=O) groups is 1. The minimum Gasteiger partial charge on any atom is -0.477 e. The van der Waals surface area contributed by atoms with E-state index in [9.17, 15) is 14.9 Å². The molecule has 2 aromatic rings. The summed E-state index contributed by atoms with van der Waals surface area (Å²) in [5.74, 6) is -1.56. The molecule has 2 N–H and O–H groups in total. The van der Waals surface area contributed by atoms with Crippen LogP contribution in [-0.2, 0) is 0 Å². The molecule has 1 heterocycles. The second-order valence-corrected chi connectivity index (χ2v) is 4.66. The maximum atomic E-state index is 11.0. The predicted octanol–water partition coefficient (Wildman–Crippen LogP) is 3.74. The molecule has 1 aromatic heterocycles. The van der Waals surface area contributed by atoms with E-state index < -0.39 is 16.6 Å². The molecule has 0 atom stereocenters. The third-order valence-corrected chi connectivity index (χ3v) is 3.13. The highest BCUT2D eigenvalue weighted by atomic mass is 35.5. The molecule has 21 heavy (non-hydrogen) atoms. The average Bonchev–Trinajstić information content (AvgIpc) is 2.42. The molecule has 0 spiro atoms. The zero-order valence-electron chi connectivity index (χ0n) is 10.2. The normalized spacial score (nSPS) is 10.2. The lowest BCUT2D eigenvalue weighted by atomic mass is 10.3. The van der Waals surface area contributed by atoms with Gasteiger partial charge in [0.2, 0.25) is 5.82 Å². The molecule has 7 nitrogen and oxygen atoms in total. The van der Waals surface area contributed by atoms with E-state index in [-0.39, 0.29) is 27.2 Å². The van der Waals surface area contributed by atoms with E-state index in [2.05, 4.69) is 10.3 Å². The SMILES string of the molecule is O=C(O)c1ccc([N+](=O)[O-])c(Nc2c(Cl)cccc2Cl)n1. The van der Waals surface area contributed by atoms with E-state index in [1.54, 1.807) is 6.07 Å². The van der Waals surface area contributed by atoms with Gasteiger partial charge < -0.3 is 10.4 Å². The highest BCUT2D eigenvalue weighted by molar-refractivity contribution is 6.39. The van der Waals surface area contributed by atoms with Gasteiger partial charge in [0.05, 0.1) is 20.7 Å². The zero-order chi connectivity index (χ0) is 15.6. The minimum absolute atomic E-state index is 0.207. The van der Waals surface area contributed by atoms with Gasteiger partial charge in [0.15, 0.2) is 5.69 Å². The van der Waals surface area contributed by atoms with E-state index in [0.717, 1.165) is 12.1 Å². The summed E-state index contributed by atoms with van der Waals surface area (Å²) in [6.07, 6.45) is 0. The zero-order valence-corrected chi connectivity index (χ0v) is 11.7. The third kappa shape index (κ3) is 3.21. The summed E-state index contributed by atoms with van der Waals surface area (Å²) in [7, 11) is 0. The number of carboxylic acid groups (broad SMARTS) is 1. The van der Waals surface area contributed by atoms with Crippen molar-refractivity contribution in [2.75, 3.05) is 5.32 Å². The van der Waals surface area contributed by atoms with Gasteiger partial charge in [-0.3, -0.25) is 10.1 Å². The van der Waals surface area contributed by atoms with Gasteiger partial charge >= 0.3 is 11.7 Å². The first-order valence-corrected chi connectivity index (χ1v) is 6.25. The smallest absolute Gasteiger partial charge is 0.354 e. The predicted molar refractivity (Wildman–Crippen MR) is 77.6 cm³/mol. The number of nitrogens with one attached hydrogen (secondary N) is 1. The Labute approximate surface area is 128 Å². The van der Waals surface area contributed by atoms with Crippen LogP contribution in [0.15, 0.2) is 30.3 Å². The fraction of sp³-hybridized carbons (Fsp3) is 0. The molecular weight excluding hydrogens is 321 g/mol. The van der Waals surface area contributed by atoms with Gasteiger partial charge in [-0.1, -0.05) is 29.3 Å². The molecule has 0 radical (unpaired) electrons. The van der Waals surface area contributed by atoms with E-state index in [0.29, 0.717) is 0 Å². The number of rotatable bonds is 4. The second kappa shape index (κ2) is 5.94. The number of hydrogen-bond acceptors (Lipinski definition) is 5. The Balaban J connectivity index is 2.53. The van der Waals surface area contributed by atoms with Gasteiger partial charge in [0, 0.05) is 6.07 Å². The molecule has 0 aliphatic carbocycles. The maximum absolute atomic E-state index is 11.0. The van der Waals surface area contributed by atoms with Crippen LogP contribution in [-0.4, -0.2) is 21.0 Å². The summed E-state index contributed by atoms with van der Waals surface area (Å²) in [6, 6.07) is 6.75. The van der Waals surface area contributed by atoms with Crippen LogP contribution in [0.2, 0.25) is 10.0 Å². The number of nitrogens with zero attached hydrogens (tertiary/aromatic N) is 2. The van der Waals surface area contributed by atoms with Crippen LogP contribution >= 0.6 is 23.2 Å². The number of hydrogen-bond donors (Lipinski definition) is 2. The first kappa shape index (κ1) is 15.0. The number of benzene rings is 1. The number of para-hydroxylation sites is 1. The summed E-state index contributed by atoms with van der Waals surface area (Å²) < 4.78 is 0. The van der Waals surface area contributed by atoms with Crippen molar-refractivity contribution in [1.29, 1.82) is 0 Å². The van der Waals surface area contributed by atoms with E-state index >= 15 is 0 Å². The first-order chi connectivity index (χ1) is 9.90. The molecule has 0 unspecified atom stereocenters. The summed E-state index contributed by atoms with van der Waals surface area (Å²) in [5, 5.41) is 22.9. The van der Waals surface area contributed by atoms with Crippen molar-refractivity contribution in [2.45, 2.75) is 0 Å². The quantitative estimate of drug-likeness (QED) is 0.654. The van der Waals surface area contributed by atoms with Crippen molar-refractivity contribution < 1.29 is 14.8 Å². The van der Waals surface area contributed by atoms with Crippen molar-refractivity contribution in [3.63, 3.8) is 0 Å². The van der Waals surface area contributed by atoms with Gasteiger partial charge in [0.25, 0.3) is 0 Å². The maximum Gasteiger partial charge on any atom is 0.354 e. The monoisotopic (exact) mass is 327 g/mol. The standard InChI is InChI=1S/C12H7Cl2N3O4/c13-6-2-1-3-7(14)10(6)16-11-9(17(20)21)5-4-8(15-11)12(18)19/h1-5H,(H,15,16)(H,18,19). The number of anilines is 2. The number of carboxylic acids is 1. The lowest BCUT2D eigenvalue weighted by molar-refractivity contribution is -0.384. The first-order valence-electron chi connectivity index (χ1n) is 5.50. The number of halogens is 2. The molecule has 0 aliphatic heterocycles. The van der Waals surface area contributed by atoms with E-state index in [1.165, 1.54) is 12.1 Å². The summed E-state index contributed by atoms with van der Waals surface area (Å²) in [4.78, 5) is 24.9. The van der Waals surface area contributed by atoms with Gasteiger partial charge in [0.1, 0.15) is 0 Å². The lowest BCUT2D eigenvalue weighted by Crippen LogP contribution is -2.06. The van der Waals surface area contributed by atoms with Gasteiger partial charge in [-0.25, -0.2) is 9.78 Å². The number of aromatic carboxylic acids is 1. The molecule has 108 valence electrons. The Morgan fingerprint density at radius 1 is 1.24 bits per heavy atom. The topological polar surface area (TPSA) is 105 Å². The van der Waals surface area contributed by atoms with Crippen LogP contribution in [0.1, 0.15) is 10.5 Å². The molecular formula is C12H7Cl2N3O4. The Morgan fingerprint density at radius 3 is 2.38 bits per heavy atom. The fourth-order valence-corrected chi connectivity index (χ4v) is 2.04. The van der Waals surface area contributed by atoms with E-state index in [1.807, 2.05) is 0 Å². The van der Waals surface area contributed by atoms with Crippen LogP contribution in [0.5, 0.6) is 0 Å². The molecule has 0 saturated carbocycles. The molecule has 2 rings (SSSR count). The van der Waals surface area contributed by atoms with Gasteiger partial charge in [-0.2, -0.15) is 0 Å². The van der Waals surface area contributed by atoms with Crippen molar-refractivity contribution in [2.24, 2.45) is 0 Å². The highest BCUT2D eigenvalue weighted by Gasteiger charge is 2.20. The van der Waals surface area contributed by atoms with Crippen LogP contribution in [0.4, 0.5) is 17.2 Å². The van der Waals surface area contributed by atoms with Crippen LogP contribution in [0, 0.1) is 10.1 Å². The molecule has 9 heteroatoms. The Hall–Kier alpha value is -2.38. The van der Waals surface area contributed by atoms with Crippen molar-refractivity contribution in [1.82, 2.24) is 4.98 Å². The summed E-state index contributed by atoms with van der Waals surface area (Å²) in [6.45, 7) is 0. The fourth-order valence-electron chi connectivity index (χ4n) is 1.55. The highest BCUT2D eigenvalue weighted by Crippen LogP contribution is 2.34. The Morgan fingerprint density at radius 2 is 1.86 bits per heavy atom. The van der Waals surface area contributed by atoms with Crippen LogP contribution < -0.4 is 5.32 Å². The molecule has 1 aromatic carbocycles. The molecule has 0 fully saturated rings. The van der Waals surface area contributed by atoms with Crippen molar-refractivity contribution >= 4 is 46.4 Å². The van der Waals surface area contributed by atoms with Gasteiger partial charge in [-0.05, 0) is 18.2 Å². The second-order valence-electron chi connectivity index (χ2n) is 3.85. The molecule has 0 amide bonds. The summed E-state index contributed by atoms with van der Waals surface area (Å²) in [5.41, 5.74) is -0.527. The molecule has 0 bridgehead atoms. The number of pyridine rings is 1. The molecule has 0 saturated heterocycles. The van der Waals surface area contributed by atoms with E-state index in [4.69, 9.17) is 28.3 Å². The largest absolute Gasteiger partial charge is 0.477 e. The molecule has 0 aliphatic rings. The minimum atomic E-state index is -1.31. The lowest BCUT2D eigenvalue weighted by Gasteiger charge is -2.10. The Bertz CT molecular complexity index is 716. The average molecular weight is 328 g/mol. The number of aromatic nitrogens is 1. The van der Waals surface area contributed by atoms with Crippen LogP contribution in [0.3, 0.4) is 0 Å². The Kier molecular flexibility index (Phi) is 4.25. The number of nitro groups is 1. The third-order valence-electron chi connectivity index (χ3n) is 2.50. The summed E-state index contributed by atoms with van der Waals surface area (Å²) >= 11 is 11.9. The van der Waals surface area contributed by atoms with Crippen molar-refractivity contribution in [3.8, 4) is 0 Å². The van der Waals surface area contributed by atoms with Crippen molar-refractivity contribution in [3.05, 3.63) is 56.2 Å².